The Morgan fingerprint density at radius 3 is 2.53 bits per heavy atom. The number of aromatic hydroxyl groups is 1. The van der Waals surface area contributed by atoms with E-state index in [-0.39, 0.29) is 23.1 Å². The van der Waals surface area contributed by atoms with Gasteiger partial charge in [-0.3, -0.25) is 9.36 Å². The largest absolute Gasteiger partial charge is 0.501 e. The summed E-state index contributed by atoms with van der Waals surface area (Å²) >= 11 is 0. The van der Waals surface area contributed by atoms with Crippen molar-refractivity contribution in [3.05, 3.63) is 105 Å². The molecule has 3 heterocycles. The quantitative estimate of drug-likeness (QED) is 0.394. The lowest BCUT2D eigenvalue weighted by molar-refractivity contribution is 0.0696. The van der Waals surface area contributed by atoms with E-state index in [2.05, 4.69) is 9.97 Å². The van der Waals surface area contributed by atoms with Crippen LogP contribution in [0.2, 0.25) is 0 Å². The number of hydrogen-bond donors (Lipinski definition) is 2. The zero-order valence-corrected chi connectivity index (χ0v) is 19.1. The van der Waals surface area contributed by atoms with Crippen molar-refractivity contribution in [1.29, 1.82) is 0 Å². The molecule has 9 heteroatoms. The van der Waals surface area contributed by atoms with Crippen LogP contribution < -0.4 is 10.5 Å². The fourth-order valence-corrected chi connectivity index (χ4v) is 4.71. The Balaban J connectivity index is 1.55. The molecule has 0 spiro atoms. The van der Waals surface area contributed by atoms with E-state index in [1.165, 1.54) is 11.6 Å². The first kappa shape index (κ1) is 21.6. The first-order chi connectivity index (χ1) is 17.4. The Hall–Kier alpha value is -4.92. The number of aromatic carboxylic acids is 1. The molecule has 5 aromatic rings. The standard InChI is InChI=1S/C27H20N4O5/c1-30-25(33)23(32)21(24-28-19-9-5-6-10-20(19)36-24)29-27(30)31-14-17-12-11-16(26(34)35)13-18(17)22(31)15-7-3-2-4-8-15/h2-13,22,32H,14H2,1H3,(H,34,35). The van der Waals surface area contributed by atoms with Gasteiger partial charge in [-0.2, -0.15) is 0 Å². The summed E-state index contributed by atoms with van der Waals surface area (Å²) in [5.41, 5.74) is 3.19. The Bertz CT molecular complexity index is 1670. The minimum atomic E-state index is -1.02. The van der Waals surface area contributed by atoms with E-state index in [1.807, 2.05) is 41.3 Å². The predicted molar refractivity (Wildman–Crippen MR) is 132 cm³/mol. The van der Waals surface area contributed by atoms with Crippen molar-refractivity contribution in [2.45, 2.75) is 12.6 Å². The lowest BCUT2D eigenvalue weighted by atomic mass is 9.96. The van der Waals surface area contributed by atoms with Crippen LogP contribution in [0.25, 0.3) is 22.7 Å². The molecule has 1 aliphatic rings. The van der Waals surface area contributed by atoms with Crippen molar-refractivity contribution in [3.8, 4) is 17.3 Å². The van der Waals surface area contributed by atoms with E-state index in [0.29, 0.717) is 17.6 Å². The van der Waals surface area contributed by atoms with Crippen LogP contribution >= 0.6 is 0 Å². The minimum absolute atomic E-state index is 0.0359. The first-order valence-corrected chi connectivity index (χ1v) is 11.3. The molecule has 0 saturated carbocycles. The molecule has 3 aromatic carbocycles. The average Bonchev–Trinajstić information content (AvgIpc) is 3.49. The number of carboxylic acid groups (broad SMARTS) is 1. The summed E-state index contributed by atoms with van der Waals surface area (Å²) in [6.07, 6.45) is 0. The van der Waals surface area contributed by atoms with Crippen molar-refractivity contribution < 1.29 is 19.4 Å². The van der Waals surface area contributed by atoms with Gasteiger partial charge in [0.2, 0.25) is 11.7 Å². The van der Waals surface area contributed by atoms with Crippen molar-refractivity contribution in [2.75, 3.05) is 4.90 Å². The van der Waals surface area contributed by atoms with Gasteiger partial charge >= 0.3 is 5.97 Å². The molecule has 1 atom stereocenters. The van der Waals surface area contributed by atoms with Gasteiger partial charge in [0.05, 0.1) is 11.6 Å². The normalized spacial score (nSPS) is 14.8. The third kappa shape index (κ3) is 3.32. The maximum atomic E-state index is 13.1. The molecule has 0 amide bonds. The molecule has 178 valence electrons. The summed E-state index contributed by atoms with van der Waals surface area (Å²) in [5, 5.41) is 20.3. The lowest BCUT2D eigenvalue weighted by Gasteiger charge is -2.28. The van der Waals surface area contributed by atoms with E-state index < -0.39 is 23.3 Å². The van der Waals surface area contributed by atoms with E-state index in [4.69, 9.17) is 4.42 Å². The van der Waals surface area contributed by atoms with Gasteiger partial charge in [-0.05, 0) is 41.0 Å². The maximum absolute atomic E-state index is 13.1. The highest BCUT2D eigenvalue weighted by atomic mass is 16.4. The number of benzene rings is 3. The fourth-order valence-electron chi connectivity index (χ4n) is 4.71. The number of fused-ring (bicyclic) bond motifs is 2. The number of anilines is 1. The van der Waals surface area contributed by atoms with Gasteiger partial charge in [0.25, 0.3) is 11.4 Å². The summed E-state index contributed by atoms with van der Waals surface area (Å²) in [4.78, 5) is 35.8. The number of nitrogens with zero attached hydrogens (tertiary/aromatic N) is 4. The molecule has 9 nitrogen and oxygen atoms in total. The monoisotopic (exact) mass is 480 g/mol. The molecule has 36 heavy (non-hydrogen) atoms. The molecule has 2 aromatic heterocycles. The molecule has 0 aliphatic carbocycles. The highest BCUT2D eigenvalue weighted by Gasteiger charge is 2.35. The van der Waals surface area contributed by atoms with Crippen molar-refractivity contribution >= 4 is 23.0 Å². The van der Waals surface area contributed by atoms with Crippen LogP contribution in [-0.2, 0) is 13.6 Å². The van der Waals surface area contributed by atoms with E-state index in [9.17, 15) is 19.8 Å². The highest BCUT2D eigenvalue weighted by molar-refractivity contribution is 5.88. The van der Waals surface area contributed by atoms with Crippen LogP contribution in [0.5, 0.6) is 5.75 Å². The van der Waals surface area contributed by atoms with Crippen LogP contribution in [0, 0.1) is 0 Å². The molecule has 0 saturated heterocycles. The van der Waals surface area contributed by atoms with E-state index in [0.717, 1.165) is 16.7 Å². The topological polar surface area (TPSA) is 122 Å². The number of carbonyl (C=O) groups is 1. The lowest BCUT2D eigenvalue weighted by Crippen LogP contribution is -2.31. The second-order valence-corrected chi connectivity index (χ2v) is 8.62. The third-order valence-electron chi connectivity index (χ3n) is 6.45. The van der Waals surface area contributed by atoms with Crippen LogP contribution in [0.15, 0.2) is 82.0 Å². The van der Waals surface area contributed by atoms with Crippen LogP contribution in [0.3, 0.4) is 0 Å². The van der Waals surface area contributed by atoms with Gasteiger partial charge in [0, 0.05) is 13.6 Å². The van der Waals surface area contributed by atoms with Gasteiger partial charge < -0.3 is 19.5 Å². The SMILES string of the molecule is Cn1c(N2Cc3ccc(C(=O)O)cc3C2c2ccccc2)nc(-c2nc3ccccc3o2)c(O)c1=O. The first-order valence-electron chi connectivity index (χ1n) is 11.3. The zero-order chi connectivity index (χ0) is 25.0. The highest BCUT2D eigenvalue weighted by Crippen LogP contribution is 2.42. The molecule has 1 unspecified atom stereocenters. The molecule has 0 radical (unpaired) electrons. The molecule has 2 N–H and O–H groups in total. The molecular formula is C27H20N4O5. The second kappa shape index (κ2) is 8.09. The molecular weight excluding hydrogens is 460 g/mol. The van der Waals surface area contributed by atoms with Gasteiger partial charge in [-0.25, -0.2) is 14.8 Å². The maximum Gasteiger partial charge on any atom is 0.335 e. The zero-order valence-electron chi connectivity index (χ0n) is 19.1. The fraction of sp³-hybridized carbons (Fsp3) is 0.111. The smallest absolute Gasteiger partial charge is 0.335 e. The van der Waals surface area contributed by atoms with Gasteiger partial charge in [0.1, 0.15) is 5.52 Å². The number of aromatic nitrogens is 3. The molecule has 0 fully saturated rings. The van der Waals surface area contributed by atoms with Gasteiger partial charge in [-0.15, -0.1) is 0 Å². The number of oxazole rings is 1. The Morgan fingerprint density at radius 1 is 1.03 bits per heavy atom. The molecule has 1 aliphatic heterocycles. The summed E-state index contributed by atoms with van der Waals surface area (Å²) in [7, 11) is 1.54. The van der Waals surface area contributed by atoms with E-state index >= 15 is 0 Å². The Morgan fingerprint density at radius 2 is 1.78 bits per heavy atom. The number of hydrogen-bond acceptors (Lipinski definition) is 7. The van der Waals surface area contributed by atoms with Crippen molar-refractivity contribution in [1.82, 2.24) is 14.5 Å². The Kier molecular flexibility index (Phi) is 4.85. The number of rotatable bonds is 4. The average molecular weight is 480 g/mol. The van der Waals surface area contributed by atoms with Crippen molar-refractivity contribution in [3.63, 3.8) is 0 Å². The summed E-state index contributed by atoms with van der Waals surface area (Å²) in [6, 6.07) is 21.3. The predicted octanol–water partition coefficient (Wildman–Crippen LogP) is 4.10. The Labute approximate surface area is 204 Å². The second-order valence-electron chi connectivity index (χ2n) is 8.62. The summed E-state index contributed by atoms with van der Waals surface area (Å²) < 4.78 is 7.08. The number of para-hydroxylation sites is 2. The third-order valence-corrected chi connectivity index (χ3v) is 6.45. The minimum Gasteiger partial charge on any atom is -0.501 e. The van der Waals surface area contributed by atoms with Crippen LogP contribution in [0.1, 0.15) is 33.1 Å². The molecule has 0 bridgehead atoms. The van der Waals surface area contributed by atoms with Gasteiger partial charge in [-0.1, -0.05) is 48.5 Å². The van der Waals surface area contributed by atoms with Crippen molar-refractivity contribution in [2.24, 2.45) is 7.05 Å². The number of carboxylic acids is 1. The summed E-state index contributed by atoms with van der Waals surface area (Å²) in [6.45, 7) is 0.382. The van der Waals surface area contributed by atoms with E-state index in [1.54, 1.807) is 36.4 Å². The molecule has 6 rings (SSSR count). The van der Waals surface area contributed by atoms with Crippen LogP contribution in [0.4, 0.5) is 5.95 Å². The van der Waals surface area contributed by atoms with Crippen LogP contribution in [-0.4, -0.2) is 30.7 Å². The summed E-state index contributed by atoms with van der Waals surface area (Å²) in [5.74, 6) is -1.25. The van der Waals surface area contributed by atoms with Gasteiger partial charge in [0.15, 0.2) is 11.3 Å².